The Morgan fingerprint density at radius 2 is 1.89 bits per heavy atom. The first-order chi connectivity index (χ1) is 13.9. The number of hydrogen-bond acceptors (Lipinski definition) is 2. The molecule has 5 rings (SSSR count). The van der Waals surface area contributed by atoms with Crippen molar-refractivity contribution < 1.29 is 0 Å². The Labute approximate surface area is 165 Å². The summed E-state index contributed by atoms with van der Waals surface area (Å²) in [5, 5.41) is 5.14. The van der Waals surface area contributed by atoms with E-state index in [1.165, 1.54) is 46.1 Å². The quantitative estimate of drug-likeness (QED) is 0.493. The minimum atomic E-state index is 0.415. The number of aryl methyl sites for hydroxylation is 1. The second-order valence-corrected chi connectivity index (χ2v) is 7.63. The summed E-state index contributed by atoms with van der Waals surface area (Å²) in [6, 6.07) is 23.9. The third-order valence-corrected chi connectivity index (χ3v) is 5.82. The summed E-state index contributed by atoms with van der Waals surface area (Å²) in [5.74, 6) is 0. The molecule has 1 aliphatic rings. The van der Waals surface area contributed by atoms with E-state index in [0.29, 0.717) is 6.04 Å². The molecule has 4 aromatic rings. The lowest BCUT2D eigenvalue weighted by atomic mass is 9.91. The second-order valence-electron chi connectivity index (χ2n) is 7.63. The Hall–Kier alpha value is -2.91. The molecule has 2 heterocycles. The summed E-state index contributed by atoms with van der Waals surface area (Å²) in [7, 11) is 0. The van der Waals surface area contributed by atoms with E-state index in [1.807, 2.05) is 18.3 Å². The second kappa shape index (κ2) is 7.61. The highest BCUT2D eigenvalue weighted by molar-refractivity contribution is 5.89. The number of H-pyrrole nitrogens is 1. The van der Waals surface area contributed by atoms with Gasteiger partial charge in [-0.25, -0.2) is 0 Å². The summed E-state index contributed by atoms with van der Waals surface area (Å²) in [6.45, 7) is 1.00. The lowest BCUT2D eigenvalue weighted by molar-refractivity contribution is 0.456. The van der Waals surface area contributed by atoms with Crippen LogP contribution in [-0.2, 0) is 12.8 Å². The van der Waals surface area contributed by atoms with E-state index < -0.39 is 0 Å². The molecule has 0 bridgehead atoms. The monoisotopic (exact) mass is 367 g/mol. The summed E-state index contributed by atoms with van der Waals surface area (Å²) < 4.78 is 0. The fraction of sp³-hybridized carbons (Fsp3) is 0.240. The molecule has 0 fully saturated rings. The first kappa shape index (κ1) is 17.2. The van der Waals surface area contributed by atoms with Crippen LogP contribution in [-0.4, -0.2) is 16.5 Å². The Kier molecular flexibility index (Phi) is 4.67. The number of rotatable bonds is 5. The van der Waals surface area contributed by atoms with Crippen molar-refractivity contribution in [3.63, 3.8) is 0 Å². The molecule has 0 radical (unpaired) electrons. The maximum atomic E-state index is 4.51. The van der Waals surface area contributed by atoms with Crippen LogP contribution < -0.4 is 5.32 Å². The molecular weight excluding hydrogens is 342 g/mol. The van der Waals surface area contributed by atoms with Gasteiger partial charge >= 0.3 is 0 Å². The molecule has 0 aliphatic heterocycles. The molecule has 0 spiro atoms. The van der Waals surface area contributed by atoms with Crippen molar-refractivity contribution in [3.8, 4) is 11.3 Å². The van der Waals surface area contributed by atoms with E-state index in [2.05, 4.69) is 69.9 Å². The number of benzene rings is 2. The van der Waals surface area contributed by atoms with Gasteiger partial charge < -0.3 is 10.3 Å². The Bertz CT molecular complexity index is 1070. The number of aromatic nitrogens is 2. The van der Waals surface area contributed by atoms with Gasteiger partial charge in [-0.15, -0.1) is 0 Å². The molecule has 0 saturated heterocycles. The number of pyridine rings is 1. The van der Waals surface area contributed by atoms with Gasteiger partial charge in [0.1, 0.15) is 0 Å². The van der Waals surface area contributed by atoms with E-state index in [-0.39, 0.29) is 0 Å². The average molecular weight is 367 g/mol. The van der Waals surface area contributed by atoms with Crippen molar-refractivity contribution in [2.24, 2.45) is 0 Å². The van der Waals surface area contributed by atoms with Gasteiger partial charge in [0.15, 0.2) is 0 Å². The van der Waals surface area contributed by atoms with Crippen molar-refractivity contribution in [1.29, 1.82) is 0 Å². The minimum absolute atomic E-state index is 0.415. The summed E-state index contributed by atoms with van der Waals surface area (Å²) in [4.78, 5) is 8.22. The Morgan fingerprint density at radius 1 is 1.00 bits per heavy atom. The van der Waals surface area contributed by atoms with Crippen LogP contribution in [0.15, 0.2) is 72.9 Å². The van der Waals surface area contributed by atoms with Crippen LogP contribution in [0.3, 0.4) is 0 Å². The van der Waals surface area contributed by atoms with E-state index in [4.69, 9.17) is 0 Å². The van der Waals surface area contributed by atoms with Crippen molar-refractivity contribution >= 4 is 10.9 Å². The topological polar surface area (TPSA) is 40.7 Å². The fourth-order valence-electron chi connectivity index (χ4n) is 4.39. The van der Waals surface area contributed by atoms with Crippen LogP contribution in [0, 0.1) is 0 Å². The highest BCUT2D eigenvalue weighted by Crippen LogP contribution is 2.36. The van der Waals surface area contributed by atoms with Crippen LogP contribution in [0.4, 0.5) is 0 Å². The number of aromatic amines is 1. The standard InChI is InChI=1S/C25H25N3/c1-2-7-18(8-3-1)14-16-27-24-11-6-9-20-21-17-19(22-10-4-5-15-26-22)12-13-23(21)28-25(20)24/h1-5,7-8,10,12-13,15,17,24,27-28H,6,9,11,14,16H2. The molecule has 2 N–H and O–H groups in total. The van der Waals surface area contributed by atoms with E-state index in [0.717, 1.165) is 25.1 Å². The van der Waals surface area contributed by atoms with Gasteiger partial charge in [-0.1, -0.05) is 42.5 Å². The molecule has 0 saturated carbocycles. The zero-order chi connectivity index (χ0) is 18.8. The van der Waals surface area contributed by atoms with Crippen molar-refractivity contribution in [2.75, 3.05) is 6.54 Å². The van der Waals surface area contributed by atoms with E-state index >= 15 is 0 Å². The molecule has 1 unspecified atom stereocenters. The zero-order valence-corrected chi connectivity index (χ0v) is 16.0. The van der Waals surface area contributed by atoms with Crippen LogP contribution in [0.5, 0.6) is 0 Å². The molecule has 1 aliphatic carbocycles. The average Bonchev–Trinajstić information content (AvgIpc) is 3.14. The molecule has 140 valence electrons. The van der Waals surface area contributed by atoms with Crippen LogP contribution in [0.1, 0.15) is 35.7 Å². The minimum Gasteiger partial charge on any atom is -0.357 e. The molecular formula is C25H25N3. The smallest absolute Gasteiger partial charge is 0.0702 e. The third kappa shape index (κ3) is 3.34. The normalized spacial score (nSPS) is 16.2. The fourth-order valence-corrected chi connectivity index (χ4v) is 4.39. The summed E-state index contributed by atoms with van der Waals surface area (Å²) >= 11 is 0. The number of nitrogens with zero attached hydrogens (tertiary/aromatic N) is 1. The van der Waals surface area contributed by atoms with Crippen molar-refractivity contribution in [2.45, 2.75) is 31.7 Å². The number of hydrogen-bond donors (Lipinski definition) is 2. The molecule has 2 aromatic heterocycles. The van der Waals surface area contributed by atoms with Gasteiger partial charge in [-0.2, -0.15) is 0 Å². The number of fused-ring (bicyclic) bond motifs is 3. The van der Waals surface area contributed by atoms with E-state index in [9.17, 15) is 0 Å². The SMILES string of the molecule is c1ccc(CCNC2CCCc3c2[nH]c2ccc(-c4ccccn4)cc32)cc1. The van der Waals surface area contributed by atoms with Crippen molar-refractivity contribution in [3.05, 3.63) is 89.7 Å². The molecule has 2 aromatic carbocycles. The third-order valence-electron chi connectivity index (χ3n) is 5.82. The largest absolute Gasteiger partial charge is 0.357 e. The van der Waals surface area contributed by atoms with Gasteiger partial charge in [-0.3, -0.25) is 4.98 Å². The lowest BCUT2D eigenvalue weighted by Gasteiger charge is -2.24. The van der Waals surface area contributed by atoms with Gasteiger partial charge in [0.2, 0.25) is 0 Å². The molecule has 0 amide bonds. The highest BCUT2D eigenvalue weighted by Gasteiger charge is 2.24. The van der Waals surface area contributed by atoms with Gasteiger partial charge in [0.25, 0.3) is 0 Å². The van der Waals surface area contributed by atoms with E-state index in [1.54, 1.807) is 0 Å². The van der Waals surface area contributed by atoms with Crippen LogP contribution in [0.2, 0.25) is 0 Å². The van der Waals surface area contributed by atoms with Gasteiger partial charge in [-0.05, 0) is 67.6 Å². The summed E-state index contributed by atoms with van der Waals surface area (Å²) in [6.07, 6.45) is 6.51. The predicted octanol–water partition coefficient (Wildman–Crippen LogP) is 5.44. The first-order valence-corrected chi connectivity index (χ1v) is 10.2. The van der Waals surface area contributed by atoms with Crippen molar-refractivity contribution in [1.82, 2.24) is 15.3 Å². The Balaban J connectivity index is 1.40. The molecule has 1 atom stereocenters. The Morgan fingerprint density at radius 3 is 2.75 bits per heavy atom. The number of nitrogens with one attached hydrogen (secondary N) is 2. The zero-order valence-electron chi connectivity index (χ0n) is 16.0. The van der Waals surface area contributed by atoms with Crippen LogP contribution >= 0.6 is 0 Å². The molecule has 3 heteroatoms. The lowest BCUT2D eigenvalue weighted by Crippen LogP contribution is -2.27. The van der Waals surface area contributed by atoms with Crippen LogP contribution in [0.25, 0.3) is 22.2 Å². The predicted molar refractivity (Wildman–Crippen MR) is 115 cm³/mol. The van der Waals surface area contributed by atoms with Gasteiger partial charge in [0, 0.05) is 34.4 Å². The summed E-state index contributed by atoms with van der Waals surface area (Å²) in [5.41, 5.74) is 7.72. The maximum Gasteiger partial charge on any atom is 0.0702 e. The maximum absolute atomic E-state index is 4.51. The van der Waals surface area contributed by atoms with Gasteiger partial charge in [0.05, 0.1) is 5.69 Å². The molecule has 28 heavy (non-hydrogen) atoms. The first-order valence-electron chi connectivity index (χ1n) is 10.2. The molecule has 3 nitrogen and oxygen atoms in total. The highest BCUT2D eigenvalue weighted by atomic mass is 14.9.